The Morgan fingerprint density at radius 1 is 1.58 bits per heavy atom. The predicted molar refractivity (Wildman–Crippen MR) is 47.8 cm³/mol. The van der Waals surface area contributed by atoms with Crippen LogP contribution in [0.15, 0.2) is 22.8 Å². The second-order valence-electron chi connectivity index (χ2n) is 3.89. The van der Waals surface area contributed by atoms with Gasteiger partial charge in [-0.25, -0.2) is 0 Å². The monoisotopic (exact) mass is 165 g/mol. The van der Waals surface area contributed by atoms with E-state index >= 15 is 0 Å². The second-order valence-corrected chi connectivity index (χ2v) is 3.89. The Balaban J connectivity index is 2.19. The van der Waals surface area contributed by atoms with Crippen LogP contribution in [0.3, 0.4) is 0 Å². The first-order valence-electron chi connectivity index (χ1n) is 4.47. The molecule has 0 aromatic carbocycles. The average Bonchev–Trinajstić information content (AvgIpc) is 2.63. The summed E-state index contributed by atoms with van der Waals surface area (Å²) in [5.74, 6) is 1.07. The van der Waals surface area contributed by atoms with E-state index < -0.39 is 0 Å². The van der Waals surface area contributed by atoms with Crippen LogP contribution in [0.5, 0.6) is 0 Å². The molecule has 1 aliphatic rings. The molecule has 1 aromatic heterocycles. The maximum absolute atomic E-state index is 5.39. The Morgan fingerprint density at radius 2 is 2.33 bits per heavy atom. The molecule has 1 heterocycles. The van der Waals surface area contributed by atoms with Crippen LogP contribution < -0.4 is 5.32 Å². The molecule has 0 bridgehead atoms. The van der Waals surface area contributed by atoms with E-state index in [9.17, 15) is 0 Å². The minimum absolute atomic E-state index is 0.396. The fourth-order valence-electron chi connectivity index (χ4n) is 1.78. The zero-order valence-corrected chi connectivity index (χ0v) is 7.63. The van der Waals surface area contributed by atoms with Gasteiger partial charge in [0.05, 0.1) is 12.3 Å². The van der Waals surface area contributed by atoms with Crippen molar-refractivity contribution >= 4 is 0 Å². The van der Waals surface area contributed by atoms with Gasteiger partial charge >= 0.3 is 0 Å². The summed E-state index contributed by atoms with van der Waals surface area (Å²) in [4.78, 5) is 0. The van der Waals surface area contributed by atoms with E-state index in [1.54, 1.807) is 6.26 Å². The zero-order chi connectivity index (χ0) is 8.60. The van der Waals surface area contributed by atoms with E-state index in [4.69, 9.17) is 4.42 Å². The smallest absolute Gasteiger partial charge is 0.121 e. The van der Waals surface area contributed by atoms with Crippen molar-refractivity contribution in [2.75, 3.05) is 7.05 Å². The van der Waals surface area contributed by atoms with E-state index in [2.05, 4.69) is 12.2 Å². The lowest BCUT2D eigenvalue weighted by molar-refractivity contribution is 0.325. The summed E-state index contributed by atoms with van der Waals surface area (Å²) in [6.45, 7) is 2.30. The molecular weight excluding hydrogens is 150 g/mol. The Labute approximate surface area is 73.0 Å². The average molecular weight is 165 g/mol. The zero-order valence-electron chi connectivity index (χ0n) is 7.63. The number of furan rings is 1. The summed E-state index contributed by atoms with van der Waals surface area (Å²) in [6, 6.07) is 4.39. The Bertz CT molecular complexity index is 249. The van der Waals surface area contributed by atoms with Gasteiger partial charge in [0.15, 0.2) is 0 Å². The minimum atomic E-state index is 0.396. The molecule has 0 saturated heterocycles. The third-order valence-corrected chi connectivity index (χ3v) is 2.85. The van der Waals surface area contributed by atoms with E-state index in [0.29, 0.717) is 11.5 Å². The van der Waals surface area contributed by atoms with Crippen LogP contribution in [-0.4, -0.2) is 7.05 Å². The van der Waals surface area contributed by atoms with Crippen molar-refractivity contribution in [1.29, 1.82) is 0 Å². The van der Waals surface area contributed by atoms with E-state index in [0.717, 1.165) is 5.76 Å². The van der Waals surface area contributed by atoms with Gasteiger partial charge in [-0.2, -0.15) is 0 Å². The highest BCUT2D eigenvalue weighted by Crippen LogP contribution is 2.54. The third kappa shape index (κ3) is 1.16. The van der Waals surface area contributed by atoms with Crippen molar-refractivity contribution in [2.24, 2.45) is 5.41 Å². The lowest BCUT2D eigenvalue weighted by atomic mass is 9.97. The Morgan fingerprint density at radius 3 is 2.75 bits per heavy atom. The van der Waals surface area contributed by atoms with Gasteiger partial charge in [-0.15, -0.1) is 0 Å². The molecule has 2 heteroatoms. The van der Waals surface area contributed by atoms with Gasteiger partial charge in [0, 0.05) is 0 Å². The molecule has 1 unspecified atom stereocenters. The summed E-state index contributed by atoms with van der Waals surface area (Å²) in [6.07, 6.45) is 4.35. The SMILES string of the molecule is CNC(c1ccco1)C1(C)CC1. The number of hydrogen-bond acceptors (Lipinski definition) is 2. The number of nitrogens with one attached hydrogen (secondary N) is 1. The van der Waals surface area contributed by atoms with E-state index in [1.165, 1.54) is 12.8 Å². The van der Waals surface area contributed by atoms with Crippen LogP contribution in [0.2, 0.25) is 0 Å². The molecular formula is C10H15NO. The molecule has 2 nitrogen and oxygen atoms in total. The predicted octanol–water partition coefficient (Wildman–Crippen LogP) is 2.34. The largest absolute Gasteiger partial charge is 0.468 e. The summed E-state index contributed by atoms with van der Waals surface area (Å²) in [5, 5.41) is 3.31. The fourth-order valence-corrected chi connectivity index (χ4v) is 1.78. The Hall–Kier alpha value is -0.760. The molecule has 0 radical (unpaired) electrons. The van der Waals surface area contributed by atoms with Crippen molar-refractivity contribution in [1.82, 2.24) is 5.32 Å². The standard InChI is InChI=1S/C10H15NO/c1-10(5-6-10)9(11-2)8-4-3-7-12-8/h3-4,7,9,11H,5-6H2,1-2H3. The summed E-state index contributed by atoms with van der Waals surface area (Å²) >= 11 is 0. The van der Waals surface area contributed by atoms with Gasteiger partial charge in [-0.3, -0.25) is 0 Å². The molecule has 1 aromatic rings. The van der Waals surface area contributed by atoms with E-state index in [1.807, 2.05) is 19.2 Å². The molecule has 0 aliphatic heterocycles. The summed E-state index contributed by atoms with van der Waals surface area (Å²) in [7, 11) is 2.00. The van der Waals surface area contributed by atoms with Crippen LogP contribution in [0.4, 0.5) is 0 Å². The quantitative estimate of drug-likeness (QED) is 0.743. The fraction of sp³-hybridized carbons (Fsp3) is 0.600. The molecule has 1 saturated carbocycles. The molecule has 1 atom stereocenters. The molecule has 66 valence electrons. The molecule has 1 aliphatic carbocycles. The van der Waals surface area contributed by atoms with Gasteiger partial charge in [0.25, 0.3) is 0 Å². The van der Waals surface area contributed by atoms with Gasteiger partial charge < -0.3 is 9.73 Å². The highest BCUT2D eigenvalue weighted by Gasteiger charge is 2.45. The molecule has 2 rings (SSSR count). The van der Waals surface area contributed by atoms with Crippen molar-refractivity contribution in [3.63, 3.8) is 0 Å². The van der Waals surface area contributed by atoms with Gasteiger partial charge in [0.1, 0.15) is 5.76 Å². The Kier molecular flexibility index (Phi) is 1.72. The number of hydrogen-bond donors (Lipinski definition) is 1. The van der Waals surface area contributed by atoms with Crippen molar-refractivity contribution in [3.8, 4) is 0 Å². The summed E-state index contributed by atoms with van der Waals surface area (Å²) in [5.41, 5.74) is 0.437. The first kappa shape index (κ1) is 7.87. The highest BCUT2D eigenvalue weighted by atomic mass is 16.3. The lowest BCUT2D eigenvalue weighted by Gasteiger charge is -2.20. The van der Waals surface area contributed by atoms with Crippen LogP contribution >= 0.6 is 0 Å². The van der Waals surface area contributed by atoms with Crippen LogP contribution in [0.1, 0.15) is 31.6 Å². The molecule has 1 N–H and O–H groups in total. The van der Waals surface area contributed by atoms with Crippen molar-refractivity contribution in [3.05, 3.63) is 24.2 Å². The summed E-state index contributed by atoms with van der Waals surface area (Å²) < 4.78 is 5.39. The molecule has 1 fully saturated rings. The minimum Gasteiger partial charge on any atom is -0.468 e. The van der Waals surface area contributed by atoms with Gasteiger partial charge in [-0.1, -0.05) is 6.92 Å². The normalized spacial score (nSPS) is 22.2. The van der Waals surface area contributed by atoms with Crippen LogP contribution in [0, 0.1) is 5.41 Å². The maximum atomic E-state index is 5.39. The van der Waals surface area contributed by atoms with Gasteiger partial charge in [-0.05, 0) is 37.4 Å². The van der Waals surface area contributed by atoms with Crippen molar-refractivity contribution in [2.45, 2.75) is 25.8 Å². The van der Waals surface area contributed by atoms with Crippen LogP contribution in [0.25, 0.3) is 0 Å². The first-order valence-corrected chi connectivity index (χ1v) is 4.47. The first-order chi connectivity index (χ1) is 5.76. The van der Waals surface area contributed by atoms with E-state index in [-0.39, 0.29) is 0 Å². The molecule has 12 heavy (non-hydrogen) atoms. The van der Waals surface area contributed by atoms with Crippen LogP contribution in [-0.2, 0) is 0 Å². The van der Waals surface area contributed by atoms with Crippen molar-refractivity contribution < 1.29 is 4.42 Å². The second kappa shape index (κ2) is 2.63. The van der Waals surface area contributed by atoms with Gasteiger partial charge in [0.2, 0.25) is 0 Å². The topological polar surface area (TPSA) is 25.2 Å². The maximum Gasteiger partial charge on any atom is 0.121 e. The molecule has 0 amide bonds. The molecule has 0 spiro atoms. The highest BCUT2D eigenvalue weighted by molar-refractivity contribution is 5.12. The third-order valence-electron chi connectivity index (χ3n) is 2.85. The number of rotatable bonds is 3. The lowest BCUT2D eigenvalue weighted by Crippen LogP contribution is -2.23.